The van der Waals surface area contributed by atoms with Gasteiger partial charge in [-0.3, -0.25) is 4.79 Å². The summed E-state index contributed by atoms with van der Waals surface area (Å²) < 4.78 is 15.5. The third kappa shape index (κ3) is 5.42. The van der Waals surface area contributed by atoms with Gasteiger partial charge in [0.25, 0.3) is 5.91 Å². The predicted octanol–water partition coefficient (Wildman–Crippen LogP) is 2.27. The molecule has 0 heterocycles. The minimum atomic E-state index is -0.257. The number of anilines is 1. The van der Waals surface area contributed by atoms with E-state index in [9.17, 15) is 4.79 Å². The highest BCUT2D eigenvalue weighted by molar-refractivity contribution is 5.84. The molecule has 1 amide bonds. The molecule has 0 saturated heterocycles. The van der Waals surface area contributed by atoms with Gasteiger partial charge in [0, 0.05) is 5.69 Å². The van der Waals surface area contributed by atoms with Crippen molar-refractivity contribution in [2.45, 2.75) is 0 Å². The van der Waals surface area contributed by atoms with Crippen LogP contribution in [0.1, 0.15) is 5.56 Å². The second-order valence-corrected chi connectivity index (χ2v) is 4.99. The number of nitrogens with one attached hydrogen (secondary N) is 2. The van der Waals surface area contributed by atoms with Crippen LogP contribution in [-0.2, 0) is 4.79 Å². The fraction of sp³-hybridized carbons (Fsp3) is 0.222. The van der Waals surface area contributed by atoms with Crippen molar-refractivity contribution in [1.82, 2.24) is 5.43 Å². The molecular formula is C18H21N3O4. The molecule has 2 N–H and O–H groups in total. The lowest BCUT2D eigenvalue weighted by molar-refractivity contribution is -0.119. The molecule has 0 fully saturated rings. The van der Waals surface area contributed by atoms with Crippen LogP contribution in [0.25, 0.3) is 0 Å². The van der Waals surface area contributed by atoms with E-state index in [1.54, 1.807) is 33.5 Å². The largest absolute Gasteiger partial charge is 0.497 e. The quantitative estimate of drug-likeness (QED) is 0.568. The molecule has 0 aliphatic rings. The Bertz CT molecular complexity index is 730. The van der Waals surface area contributed by atoms with E-state index in [0.29, 0.717) is 11.5 Å². The topological polar surface area (TPSA) is 81.2 Å². The maximum absolute atomic E-state index is 11.8. The van der Waals surface area contributed by atoms with Crippen LogP contribution >= 0.6 is 0 Å². The molecule has 0 aliphatic heterocycles. The first-order chi connectivity index (χ1) is 12.2. The van der Waals surface area contributed by atoms with E-state index in [1.807, 2.05) is 30.3 Å². The summed E-state index contributed by atoms with van der Waals surface area (Å²) in [5.74, 6) is 1.73. The van der Waals surface area contributed by atoms with Crippen LogP contribution < -0.4 is 25.0 Å². The molecule has 2 aromatic rings. The van der Waals surface area contributed by atoms with Crippen LogP contribution in [-0.4, -0.2) is 40.0 Å². The number of hydrogen-bond donors (Lipinski definition) is 2. The summed E-state index contributed by atoms with van der Waals surface area (Å²) in [7, 11) is 4.74. The van der Waals surface area contributed by atoms with E-state index in [-0.39, 0.29) is 12.5 Å². The van der Waals surface area contributed by atoms with Crippen molar-refractivity contribution in [2.24, 2.45) is 5.10 Å². The van der Waals surface area contributed by atoms with Gasteiger partial charge in [-0.15, -0.1) is 0 Å². The van der Waals surface area contributed by atoms with Crippen molar-refractivity contribution in [3.8, 4) is 17.2 Å². The molecule has 2 aromatic carbocycles. The highest BCUT2D eigenvalue weighted by Crippen LogP contribution is 2.26. The average Bonchev–Trinajstić information content (AvgIpc) is 2.66. The zero-order valence-corrected chi connectivity index (χ0v) is 14.4. The van der Waals surface area contributed by atoms with Crippen molar-refractivity contribution in [2.75, 3.05) is 33.2 Å². The Hall–Kier alpha value is -3.22. The van der Waals surface area contributed by atoms with Gasteiger partial charge >= 0.3 is 0 Å². The summed E-state index contributed by atoms with van der Waals surface area (Å²) >= 11 is 0. The minimum absolute atomic E-state index is 0.107. The Balaban J connectivity index is 1.83. The molecular weight excluding hydrogens is 322 g/mol. The molecule has 0 atom stereocenters. The van der Waals surface area contributed by atoms with Gasteiger partial charge in [0.05, 0.1) is 34.1 Å². The number of ether oxygens (including phenoxy) is 3. The van der Waals surface area contributed by atoms with Gasteiger partial charge < -0.3 is 19.5 Å². The number of benzene rings is 2. The molecule has 0 unspecified atom stereocenters. The second kappa shape index (κ2) is 9.17. The molecule has 132 valence electrons. The Morgan fingerprint density at radius 2 is 1.72 bits per heavy atom. The normalized spacial score (nSPS) is 10.4. The fourth-order valence-corrected chi connectivity index (χ4v) is 2.04. The summed E-state index contributed by atoms with van der Waals surface area (Å²) in [6.07, 6.45) is 1.53. The van der Waals surface area contributed by atoms with Crippen molar-refractivity contribution < 1.29 is 19.0 Å². The second-order valence-electron chi connectivity index (χ2n) is 4.99. The maximum atomic E-state index is 11.8. The maximum Gasteiger partial charge on any atom is 0.259 e. The number of hydrazone groups is 1. The van der Waals surface area contributed by atoms with E-state index in [4.69, 9.17) is 14.2 Å². The van der Waals surface area contributed by atoms with Crippen molar-refractivity contribution in [3.63, 3.8) is 0 Å². The number of nitrogens with zero attached hydrogens (tertiary/aromatic N) is 1. The first-order valence-corrected chi connectivity index (χ1v) is 7.58. The van der Waals surface area contributed by atoms with E-state index < -0.39 is 0 Å². The van der Waals surface area contributed by atoms with Crippen molar-refractivity contribution in [1.29, 1.82) is 0 Å². The summed E-state index contributed by atoms with van der Waals surface area (Å²) in [5.41, 5.74) is 4.06. The third-order valence-corrected chi connectivity index (χ3v) is 3.35. The summed E-state index contributed by atoms with van der Waals surface area (Å²) in [5, 5.41) is 6.93. The van der Waals surface area contributed by atoms with Crippen LogP contribution in [0.5, 0.6) is 17.2 Å². The van der Waals surface area contributed by atoms with Gasteiger partial charge in [0.2, 0.25) is 0 Å². The lowest BCUT2D eigenvalue weighted by Gasteiger charge is -2.07. The standard InChI is InChI=1S/C18H21N3O4/c1-23-15-7-5-14(6-8-15)19-12-18(22)21-20-11-13-4-9-16(24-2)17(10-13)25-3/h4-11,19H,12H2,1-3H3,(H,21,22). The Morgan fingerprint density at radius 3 is 2.36 bits per heavy atom. The molecule has 0 radical (unpaired) electrons. The predicted molar refractivity (Wildman–Crippen MR) is 96.8 cm³/mol. The number of rotatable bonds is 8. The Morgan fingerprint density at radius 1 is 1.00 bits per heavy atom. The molecule has 0 bridgehead atoms. The molecule has 2 rings (SSSR count). The van der Waals surface area contributed by atoms with E-state index >= 15 is 0 Å². The van der Waals surface area contributed by atoms with E-state index in [0.717, 1.165) is 17.0 Å². The third-order valence-electron chi connectivity index (χ3n) is 3.35. The molecule has 0 aromatic heterocycles. The van der Waals surface area contributed by atoms with Gasteiger partial charge in [0.15, 0.2) is 11.5 Å². The molecule has 0 saturated carbocycles. The molecule has 0 aliphatic carbocycles. The van der Waals surface area contributed by atoms with Crippen LogP contribution in [0.4, 0.5) is 5.69 Å². The number of methoxy groups -OCH3 is 3. The lowest BCUT2D eigenvalue weighted by Crippen LogP contribution is -2.25. The Kier molecular flexibility index (Phi) is 6.65. The van der Waals surface area contributed by atoms with Crippen LogP contribution in [0.2, 0.25) is 0 Å². The van der Waals surface area contributed by atoms with Crippen molar-refractivity contribution >= 4 is 17.8 Å². The molecule has 25 heavy (non-hydrogen) atoms. The number of carbonyl (C=O) groups is 1. The van der Waals surface area contributed by atoms with Gasteiger partial charge in [0.1, 0.15) is 5.75 Å². The van der Waals surface area contributed by atoms with E-state index in [2.05, 4.69) is 15.8 Å². The van der Waals surface area contributed by atoms with Crippen molar-refractivity contribution in [3.05, 3.63) is 48.0 Å². The van der Waals surface area contributed by atoms with Crippen LogP contribution in [0.3, 0.4) is 0 Å². The Labute approximate surface area is 146 Å². The van der Waals surface area contributed by atoms with Crippen LogP contribution in [0.15, 0.2) is 47.6 Å². The molecule has 7 nitrogen and oxygen atoms in total. The number of amides is 1. The zero-order valence-electron chi connectivity index (χ0n) is 14.4. The molecule has 0 spiro atoms. The van der Waals surface area contributed by atoms with Crippen LogP contribution in [0, 0.1) is 0 Å². The summed E-state index contributed by atoms with van der Waals surface area (Å²) in [6.45, 7) is 0.107. The van der Waals surface area contributed by atoms with E-state index in [1.165, 1.54) is 6.21 Å². The SMILES string of the molecule is COc1ccc(NCC(=O)NN=Cc2ccc(OC)c(OC)c2)cc1. The summed E-state index contributed by atoms with van der Waals surface area (Å²) in [6, 6.07) is 12.6. The average molecular weight is 343 g/mol. The smallest absolute Gasteiger partial charge is 0.259 e. The fourth-order valence-electron chi connectivity index (χ4n) is 2.04. The zero-order chi connectivity index (χ0) is 18.1. The first-order valence-electron chi connectivity index (χ1n) is 7.58. The monoisotopic (exact) mass is 343 g/mol. The highest BCUT2D eigenvalue weighted by Gasteiger charge is 2.03. The molecule has 7 heteroatoms. The number of carbonyl (C=O) groups excluding carboxylic acids is 1. The van der Waals surface area contributed by atoms with Gasteiger partial charge in [-0.25, -0.2) is 5.43 Å². The highest BCUT2D eigenvalue weighted by atomic mass is 16.5. The summed E-state index contributed by atoms with van der Waals surface area (Å²) in [4.78, 5) is 11.8. The van der Waals surface area contributed by atoms with Gasteiger partial charge in [-0.1, -0.05) is 0 Å². The minimum Gasteiger partial charge on any atom is -0.497 e. The lowest BCUT2D eigenvalue weighted by atomic mass is 10.2. The van der Waals surface area contributed by atoms with Gasteiger partial charge in [-0.2, -0.15) is 5.10 Å². The first kappa shape index (κ1) is 18.1. The number of hydrogen-bond acceptors (Lipinski definition) is 6. The van der Waals surface area contributed by atoms with Gasteiger partial charge in [-0.05, 0) is 48.0 Å².